The van der Waals surface area contributed by atoms with E-state index in [1.165, 1.54) is 49.3 Å². The molecule has 4 rings (SSSR count). The maximum Gasteiger partial charge on any atom is 0.273 e. The predicted octanol–water partition coefficient (Wildman–Crippen LogP) is 6.69. The largest absolute Gasteiger partial charge is 0.495 e. The fourth-order valence-electron chi connectivity index (χ4n) is 5.20. The number of halogens is 2. The molecule has 0 heterocycles. The van der Waals surface area contributed by atoms with E-state index >= 15 is 0 Å². The normalized spacial score (nSPS) is 11.8. The second kappa shape index (κ2) is 16.8. The van der Waals surface area contributed by atoms with Crippen LogP contribution >= 0.6 is 27.5 Å². The summed E-state index contributed by atoms with van der Waals surface area (Å²) in [6, 6.07) is 23.2. The lowest BCUT2D eigenvalue weighted by atomic mass is 10.0. The van der Waals surface area contributed by atoms with E-state index in [2.05, 4.69) is 21.2 Å². The lowest BCUT2D eigenvalue weighted by molar-refractivity contribution is -0.385. The van der Waals surface area contributed by atoms with E-state index in [0.717, 1.165) is 20.4 Å². The monoisotopic (exact) mass is 770 g/mol. The van der Waals surface area contributed by atoms with Gasteiger partial charge in [-0.2, -0.15) is 0 Å². The highest BCUT2D eigenvalue weighted by Crippen LogP contribution is 2.36. The molecule has 0 aliphatic carbocycles. The van der Waals surface area contributed by atoms with Gasteiger partial charge in [0.2, 0.25) is 11.8 Å². The van der Waals surface area contributed by atoms with Crippen molar-refractivity contribution in [1.82, 2.24) is 10.2 Å². The van der Waals surface area contributed by atoms with Gasteiger partial charge in [0.15, 0.2) is 0 Å². The van der Waals surface area contributed by atoms with Gasteiger partial charge in [0.1, 0.15) is 18.3 Å². The summed E-state index contributed by atoms with van der Waals surface area (Å²) in [5.41, 5.74) is 1.27. The number of nitro benzene ring substituents is 1. The molecule has 258 valence electrons. The molecule has 2 amide bonds. The molecule has 14 heteroatoms. The maximum atomic E-state index is 14.7. The van der Waals surface area contributed by atoms with Crippen LogP contribution in [0.25, 0.3) is 0 Å². The van der Waals surface area contributed by atoms with E-state index in [1.807, 2.05) is 49.4 Å². The highest BCUT2D eigenvalue weighted by atomic mass is 79.9. The number of nitrogens with one attached hydrogen (secondary N) is 1. The van der Waals surface area contributed by atoms with E-state index < -0.39 is 49.9 Å². The molecule has 0 aromatic heterocycles. The lowest BCUT2D eigenvalue weighted by Gasteiger charge is -2.34. The molecule has 0 fully saturated rings. The van der Waals surface area contributed by atoms with Crippen molar-refractivity contribution in [2.75, 3.05) is 24.5 Å². The average Bonchev–Trinajstić information content (AvgIpc) is 3.07. The number of benzene rings is 4. The fraction of sp³-hybridized carbons (Fsp3) is 0.257. The Morgan fingerprint density at radius 2 is 1.71 bits per heavy atom. The number of carbonyl (C=O) groups is 2. The van der Waals surface area contributed by atoms with Crippen molar-refractivity contribution < 1.29 is 27.7 Å². The molecule has 0 bridgehead atoms. The highest BCUT2D eigenvalue weighted by molar-refractivity contribution is 9.10. The van der Waals surface area contributed by atoms with Gasteiger partial charge in [-0.25, -0.2) is 8.42 Å². The van der Waals surface area contributed by atoms with E-state index in [4.69, 9.17) is 16.3 Å². The van der Waals surface area contributed by atoms with Crippen molar-refractivity contribution >= 4 is 60.7 Å². The number of sulfonamides is 1. The zero-order chi connectivity index (χ0) is 35.7. The minimum atomic E-state index is -4.67. The molecule has 4 aromatic rings. The van der Waals surface area contributed by atoms with Gasteiger partial charge in [0, 0.05) is 40.6 Å². The Morgan fingerprint density at radius 3 is 2.37 bits per heavy atom. The first-order valence-electron chi connectivity index (χ1n) is 15.3. The van der Waals surface area contributed by atoms with Gasteiger partial charge >= 0.3 is 0 Å². The Kier molecular flexibility index (Phi) is 12.8. The summed E-state index contributed by atoms with van der Waals surface area (Å²) in [4.78, 5) is 40.5. The topological polar surface area (TPSA) is 139 Å². The van der Waals surface area contributed by atoms with Crippen molar-refractivity contribution in [3.05, 3.63) is 127 Å². The predicted molar refractivity (Wildman–Crippen MR) is 192 cm³/mol. The van der Waals surface area contributed by atoms with Gasteiger partial charge in [0.25, 0.3) is 15.7 Å². The number of hydrogen-bond donors (Lipinski definition) is 1. The molecule has 0 unspecified atom stereocenters. The van der Waals surface area contributed by atoms with Crippen LogP contribution in [0.4, 0.5) is 11.4 Å². The fourth-order valence-corrected chi connectivity index (χ4v) is 7.25. The average molecular weight is 772 g/mol. The zero-order valence-corrected chi connectivity index (χ0v) is 30.3. The van der Waals surface area contributed by atoms with Crippen LogP contribution < -0.4 is 14.4 Å². The first-order valence-corrected chi connectivity index (χ1v) is 17.9. The van der Waals surface area contributed by atoms with Crippen molar-refractivity contribution in [3.63, 3.8) is 0 Å². The maximum absolute atomic E-state index is 14.7. The van der Waals surface area contributed by atoms with E-state index in [-0.39, 0.29) is 35.0 Å². The first kappa shape index (κ1) is 37.4. The Morgan fingerprint density at radius 1 is 1.00 bits per heavy atom. The summed E-state index contributed by atoms with van der Waals surface area (Å²) in [6.45, 7) is 2.95. The molecule has 1 atom stereocenters. The molecule has 0 saturated carbocycles. The standard InChI is InChI=1S/C35H36BrClN4O7S/c1-4-17-38-35(43)32(19-25-9-6-5-7-10-25)39(22-26-11-8-12-27(36)18-26)34(42)23-40(31-20-28(37)14-16-33(31)48-3)49(46,47)29-15-13-24(2)30(21-29)41(44)45/h5-16,18,20-21,32H,4,17,19,22-23H2,1-3H3,(H,38,43)/t32-/m0/s1. The number of methoxy groups -OCH3 is 1. The summed E-state index contributed by atoms with van der Waals surface area (Å²) in [7, 11) is -3.33. The molecule has 0 spiro atoms. The van der Waals surface area contributed by atoms with E-state index in [9.17, 15) is 28.1 Å². The number of rotatable bonds is 15. The van der Waals surface area contributed by atoms with E-state index in [1.54, 1.807) is 12.1 Å². The summed E-state index contributed by atoms with van der Waals surface area (Å²) in [6.07, 6.45) is 0.806. The number of nitro groups is 1. The number of hydrogen-bond acceptors (Lipinski definition) is 7. The second-order valence-corrected chi connectivity index (χ2v) is 14.4. The van der Waals surface area contributed by atoms with Gasteiger partial charge in [-0.15, -0.1) is 0 Å². The van der Waals surface area contributed by atoms with Gasteiger partial charge in [-0.3, -0.25) is 24.0 Å². The van der Waals surface area contributed by atoms with Crippen LogP contribution in [-0.2, 0) is 32.6 Å². The number of nitrogens with zero attached hydrogens (tertiary/aromatic N) is 3. The number of carbonyl (C=O) groups excluding carboxylic acids is 2. The molecule has 11 nitrogen and oxygen atoms in total. The highest BCUT2D eigenvalue weighted by Gasteiger charge is 2.36. The molecule has 1 N–H and O–H groups in total. The first-order chi connectivity index (χ1) is 23.3. The molecule has 4 aromatic carbocycles. The molecule has 0 aliphatic rings. The third-order valence-electron chi connectivity index (χ3n) is 7.72. The quantitative estimate of drug-likeness (QED) is 0.105. The third kappa shape index (κ3) is 9.37. The van der Waals surface area contributed by atoms with Crippen molar-refractivity contribution in [2.45, 2.75) is 44.2 Å². The van der Waals surface area contributed by atoms with Crippen molar-refractivity contribution in [1.29, 1.82) is 0 Å². The number of aryl methyl sites for hydroxylation is 1. The van der Waals surface area contributed by atoms with Crippen molar-refractivity contribution in [2.24, 2.45) is 0 Å². The number of anilines is 1. The lowest BCUT2D eigenvalue weighted by Crippen LogP contribution is -2.53. The number of ether oxygens (including phenoxy) is 1. The van der Waals surface area contributed by atoms with Crippen LogP contribution in [0.3, 0.4) is 0 Å². The van der Waals surface area contributed by atoms with Crippen LogP contribution in [0.5, 0.6) is 5.75 Å². The molecule has 0 radical (unpaired) electrons. The van der Waals surface area contributed by atoms with Crippen LogP contribution in [0.2, 0.25) is 5.02 Å². The van der Waals surface area contributed by atoms with Crippen molar-refractivity contribution in [3.8, 4) is 5.75 Å². The SMILES string of the molecule is CCCNC(=O)[C@H](Cc1ccccc1)N(Cc1cccc(Br)c1)C(=O)CN(c1cc(Cl)ccc1OC)S(=O)(=O)c1ccc(C)c([N+](=O)[O-])c1. The Balaban J connectivity index is 1.89. The Hall–Kier alpha value is -4.46. The van der Waals surface area contributed by atoms with Gasteiger partial charge < -0.3 is 15.0 Å². The van der Waals surface area contributed by atoms with Gasteiger partial charge in [-0.05, 0) is 60.9 Å². The number of amides is 2. The minimum absolute atomic E-state index is 0.0358. The van der Waals surface area contributed by atoms with Gasteiger partial charge in [0.05, 0.1) is 22.6 Å². The van der Waals surface area contributed by atoms with Gasteiger partial charge in [-0.1, -0.05) is 83.0 Å². The summed E-state index contributed by atoms with van der Waals surface area (Å²) in [5, 5.41) is 14.8. The van der Waals surface area contributed by atoms with Crippen LogP contribution in [0.15, 0.2) is 100 Å². The Bertz CT molecular complexity index is 1930. The summed E-state index contributed by atoms with van der Waals surface area (Å²) < 4.78 is 35.9. The van der Waals surface area contributed by atoms with Crippen LogP contribution in [-0.4, -0.2) is 56.3 Å². The summed E-state index contributed by atoms with van der Waals surface area (Å²) >= 11 is 9.80. The Labute approximate surface area is 299 Å². The molecule has 49 heavy (non-hydrogen) atoms. The molecular formula is C35H36BrClN4O7S. The molecular weight excluding hydrogens is 736 g/mol. The van der Waals surface area contributed by atoms with Crippen LogP contribution in [0, 0.1) is 17.0 Å². The van der Waals surface area contributed by atoms with Crippen LogP contribution in [0.1, 0.15) is 30.0 Å². The minimum Gasteiger partial charge on any atom is -0.495 e. The zero-order valence-electron chi connectivity index (χ0n) is 27.1. The molecule has 0 aliphatic heterocycles. The van der Waals surface area contributed by atoms with E-state index in [0.29, 0.717) is 18.5 Å². The smallest absolute Gasteiger partial charge is 0.273 e. The third-order valence-corrected chi connectivity index (χ3v) is 10.2. The summed E-state index contributed by atoms with van der Waals surface area (Å²) in [5.74, 6) is -1.03. The second-order valence-electron chi connectivity index (χ2n) is 11.2. The molecule has 0 saturated heterocycles.